The van der Waals surface area contributed by atoms with Crippen LogP contribution in [0, 0.1) is 17.3 Å². The van der Waals surface area contributed by atoms with E-state index in [0.29, 0.717) is 5.41 Å². The van der Waals surface area contributed by atoms with Crippen LogP contribution < -0.4 is 10.6 Å². The Kier molecular flexibility index (Phi) is 2.85. The van der Waals surface area contributed by atoms with Crippen LogP contribution in [0.15, 0.2) is 0 Å². The first kappa shape index (κ1) is 10.4. The summed E-state index contributed by atoms with van der Waals surface area (Å²) in [6.45, 7) is 10.7. The molecule has 1 saturated heterocycles. The van der Waals surface area contributed by atoms with E-state index in [0.717, 1.165) is 17.9 Å². The van der Waals surface area contributed by atoms with Gasteiger partial charge in [-0.15, -0.1) is 0 Å². The van der Waals surface area contributed by atoms with Crippen LogP contribution in [-0.2, 0) is 0 Å². The zero-order chi connectivity index (χ0) is 10.2. The SMILES string of the molecule is CC1CNCCC1NCC1CC1(C)C. The van der Waals surface area contributed by atoms with E-state index in [2.05, 4.69) is 31.4 Å². The normalized spacial score (nSPS) is 40.9. The van der Waals surface area contributed by atoms with Gasteiger partial charge in [0.25, 0.3) is 0 Å². The molecule has 1 heterocycles. The second-order valence-corrected chi connectivity index (χ2v) is 5.87. The van der Waals surface area contributed by atoms with E-state index in [1.165, 1.54) is 32.5 Å². The van der Waals surface area contributed by atoms with Crippen LogP contribution in [0.3, 0.4) is 0 Å². The minimum absolute atomic E-state index is 0.628. The van der Waals surface area contributed by atoms with Crippen molar-refractivity contribution in [2.45, 2.75) is 39.7 Å². The van der Waals surface area contributed by atoms with Crippen LogP contribution in [-0.4, -0.2) is 25.7 Å². The van der Waals surface area contributed by atoms with E-state index in [1.54, 1.807) is 0 Å². The zero-order valence-corrected chi connectivity index (χ0v) is 9.77. The van der Waals surface area contributed by atoms with Crippen molar-refractivity contribution in [3.8, 4) is 0 Å². The lowest BCUT2D eigenvalue weighted by atomic mass is 9.95. The van der Waals surface area contributed by atoms with Crippen LogP contribution in [0.4, 0.5) is 0 Å². The highest BCUT2D eigenvalue weighted by Gasteiger charge is 2.45. The Morgan fingerprint density at radius 1 is 1.43 bits per heavy atom. The van der Waals surface area contributed by atoms with Gasteiger partial charge in [0.2, 0.25) is 0 Å². The van der Waals surface area contributed by atoms with Crippen molar-refractivity contribution >= 4 is 0 Å². The molecule has 14 heavy (non-hydrogen) atoms. The van der Waals surface area contributed by atoms with Crippen molar-refractivity contribution in [2.75, 3.05) is 19.6 Å². The number of hydrogen-bond donors (Lipinski definition) is 2. The van der Waals surface area contributed by atoms with Crippen LogP contribution in [0.25, 0.3) is 0 Å². The zero-order valence-electron chi connectivity index (χ0n) is 9.77. The molecule has 2 nitrogen and oxygen atoms in total. The summed E-state index contributed by atoms with van der Waals surface area (Å²) in [5.74, 6) is 1.73. The quantitative estimate of drug-likeness (QED) is 0.717. The standard InChI is InChI=1S/C12H24N2/c1-9-7-13-5-4-11(9)14-8-10-6-12(10,2)3/h9-11,13-14H,4-8H2,1-3H3. The molecule has 0 spiro atoms. The molecule has 1 saturated carbocycles. The minimum Gasteiger partial charge on any atom is -0.316 e. The summed E-state index contributed by atoms with van der Waals surface area (Å²) in [5, 5.41) is 7.19. The lowest BCUT2D eigenvalue weighted by molar-refractivity contribution is 0.290. The monoisotopic (exact) mass is 196 g/mol. The average molecular weight is 196 g/mol. The third-order valence-electron chi connectivity index (χ3n) is 4.13. The second-order valence-electron chi connectivity index (χ2n) is 5.87. The van der Waals surface area contributed by atoms with Gasteiger partial charge in [-0.3, -0.25) is 0 Å². The third kappa shape index (κ3) is 2.29. The van der Waals surface area contributed by atoms with Crippen molar-refractivity contribution in [1.82, 2.24) is 10.6 Å². The smallest absolute Gasteiger partial charge is 0.0117 e. The molecule has 2 fully saturated rings. The molecule has 1 aliphatic carbocycles. The maximum Gasteiger partial charge on any atom is 0.0117 e. The summed E-state index contributed by atoms with van der Waals surface area (Å²) in [6.07, 6.45) is 2.72. The molecule has 1 aliphatic heterocycles. The molecule has 2 rings (SSSR count). The third-order valence-corrected chi connectivity index (χ3v) is 4.13. The molecule has 0 bridgehead atoms. The van der Waals surface area contributed by atoms with Crippen molar-refractivity contribution in [3.05, 3.63) is 0 Å². The van der Waals surface area contributed by atoms with Crippen LogP contribution in [0.2, 0.25) is 0 Å². The fourth-order valence-electron chi connectivity index (χ4n) is 2.54. The molecule has 0 aromatic rings. The molecule has 0 aromatic heterocycles. The van der Waals surface area contributed by atoms with Gasteiger partial charge in [0.05, 0.1) is 0 Å². The molecule has 0 amide bonds. The van der Waals surface area contributed by atoms with E-state index in [9.17, 15) is 0 Å². The Morgan fingerprint density at radius 3 is 2.71 bits per heavy atom. The van der Waals surface area contributed by atoms with E-state index in [1.807, 2.05) is 0 Å². The Hall–Kier alpha value is -0.0800. The molecule has 2 heteroatoms. The lowest BCUT2D eigenvalue weighted by Crippen LogP contribution is -2.47. The van der Waals surface area contributed by atoms with Gasteiger partial charge in [-0.2, -0.15) is 0 Å². The van der Waals surface area contributed by atoms with Gasteiger partial charge < -0.3 is 10.6 Å². The predicted molar refractivity (Wildman–Crippen MR) is 60.3 cm³/mol. The Morgan fingerprint density at radius 2 is 2.14 bits per heavy atom. The first-order valence-corrected chi connectivity index (χ1v) is 6.04. The average Bonchev–Trinajstić information content (AvgIpc) is 2.73. The fourth-order valence-corrected chi connectivity index (χ4v) is 2.54. The lowest BCUT2D eigenvalue weighted by Gasteiger charge is -2.30. The maximum atomic E-state index is 3.75. The largest absolute Gasteiger partial charge is 0.316 e. The summed E-state index contributed by atoms with van der Waals surface area (Å²) >= 11 is 0. The van der Waals surface area contributed by atoms with Crippen molar-refractivity contribution < 1.29 is 0 Å². The molecule has 0 aromatic carbocycles. The summed E-state index contributed by atoms with van der Waals surface area (Å²) in [7, 11) is 0. The number of piperidine rings is 1. The van der Waals surface area contributed by atoms with Crippen molar-refractivity contribution in [2.24, 2.45) is 17.3 Å². The predicted octanol–water partition coefficient (Wildman–Crippen LogP) is 1.62. The van der Waals surface area contributed by atoms with Gasteiger partial charge in [0.1, 0.15) is 0 Å². The van der Waals surface area contributed by atoms with Gasteiger partial charge in [-0.05, 0) is 49.7 Å². The van der Waals surface area contributed by atoms with Gasteiger partial charge in [-0.25, -0.2) is 0 Å². The molecule has 2 N–H and O–H groups in total. The highest BCUT2D eigenvalue weighted by Crippen LogP contribution is 2.51. The van der Waals surface area contributed by atoms with Crippen molar-refractivity contribution in [1.29, 1.82) is 0 Å². The first-order valence-electron chi connectivity index (χ1n) is 6.04. The van der Waals surface area contributed by atoms with Gasteiger partial charge in [0.15, 0.2) is 0 Å². The summed E-state index contributed by atoms with van der Waals surface area (Å²) in [4.78, 5) is 0. The molecular weight excluding hydrogens is 172 g/mol. The second kappa shape index (κ2) is 3.82. The van der Waals surface area contributed by atoms with E-state index < -0.39 is 0 Å². The fraction of sp³-hybridized carbons (Fsp3) is 1.00. The van der Waals surface area contributed by atoms with Gasteiger partial charge in [0, 0.05) is 6.04 Å². The summed E-state index contributed by atoms with van der Waals surface area (Å²) < 4.78 is 0. The highest BCUT2D eigenvalue weighted by molar-refractivity contribution is 4.97. The molecule has 3 unspecified atom stereocenters. The highest BCUT2D eigenvalue weighted by atomic mass is 15.0. The van der Waals surface area contributed by atoms with Gasteiger partial charge >= 0.3 is 0 Å². The van der Waals surface area contributed by atoms with Crippen LogP contribution in [0.1, 0.15) is 33.6 Å². The molecule has 2 aliphatic rings. The number of nitrogens with one attached hydrogen (secondary N) is 2. The summed E-state index contributed by atoms with van der Waals surface area (Å²) in [6, 6.07) is 0.757. The summed E-state index contributed by atoms with van der Waals surface area (Å²) in [5.41, 5.74) is 0.628. The molecule has 3 atom stereocenters. The topological polar surface area (TPSA) is 24.1 Å². The van der Waals surface area contributed by atoms with Crippen molar-refractivity contribution in [3.63, 3.8) is 0 Å². The number of rotatable bonds is 3. The number of hydrogen-bond acceptors (Lipinski definition) is 2. The molecule has 82 valence electrons. The van der Waals surface area contributed by atoms with E-state index >= 15 is 0 Å². The van der Waals surface area contributed by atoms with E-state index in [4.69, 9.17) is 0 Å². The van der Waals surface area contributed by atoms with Crippen LogP contribution in [0.5, 0.6) is 0 Å². The Balaban J connectivity index is 1.70. The maximum absolute atomic E-state index is 3.75. The Labute approximate surface area is 87.8 Å². The Bertz CT molecular complexity index is 200. The first-order chi connectivity index (χ1) is 6.59. The molecular formula is C12H24N2. The van der Waals surface area contributed by atoms with Crippen LogP contribution >= 0.6 is 0 Å². The van der Waals surface area contributed by atoms with Gasteiger partial charge in [-0.1, -0.05) is 20.8 Å². The molecule has 0 radical (unpaired) electrons. The van der Waals surface area contributed by atoms with E-state index in [-0.39, 0.29) is 0 Å². The minimum atomic E-state index is 0.628.